The number of imidazole rings is 1. The van der Waals surface area contributed by atoms with E-state index in [4.69, 9.17) is 5.73 Å². The van der Waals surface area contributed by atoms with Gasteiger partial charge in [0.05, 0.1) is 23.3 Å². The van der Waals surface area contributed by atoms with Crippen LogP contribution in [0.15, 0.2) is 30.5 Å². The molecule has 0 aliphatic heterocycles. The second-order valence-electron chi connectivity index (χ2n) is 4.46. The first kappa shape index (κ1) is 13.9. The highest BCUT2D eigenvalue weighted by molar-refractivity contribution is 5.38. The number of nitrogens with two attached hydrogens (primary N) is 1. The Morgan fingerprint density at radius 1 is 1.05 bits per heavy atom. The third kappa shape index (κ3) is 3.50. The Bertz CT molecular complexity index is 665. The normalized spacial score (nSPS) is 10.2. The van der Waals surface area contributed by atoms with Crippen molar-refractivity contribution in [2.24, 2.45) is 0 Å². The van der Waals surface area contributed by atoms with Gasteiger partial charge in [-0.2, -0.15) is 10.2 Å². The molecule has 0 fully saturated rings. The van der Waals surface area contributed by atoms with Gasteiger partial charge in [0.2, 0.25) is 0 Å². The Hall–Kier alpha value is -2.50. The molecule has 0 saturated heterocycles. The Balaban J connectivity index is 0.000000160. The Morgan fingerprint density at radius 2 is 1.80 bits per heavy atom. The molecule has 0 saturated carbocycles. The van der Waals surface area contributed by atoms with Crippen molar-refractivity contribution in [2.45, 2.75) is 27.2 Å². The van der Waals surface area contributed by atoms with Gasteiger partial charge >= 0.3 is 0 Å². The predicted octanol–water partition coefficient (Wildman–Crippen LogP) is 1.97. The standard InChI is InChI=1S/C9H11N3.C5H7N3/c1-3-8-6-12-9(10-8)5-4-7(2)11-12;1-4-2-3-5(6)8-7-4/h4-6H,3H2,1-2H3;2-3H,1H3,(H2,6,8). The van der Waals surface area contributed by atoms with Gasteiger partial charge in [-0.25, -0.2) is 9.50 Å². The first-order chi connectivity index (χ1) is 9.58. The van der Waals surface area contributed by atoms with E-state index < -0.39 is 0 Å². The molecule has 0 spiro atoms. The van der Waals surface area contributed by atoms with Crippen LogP contribution in [0.3, 0.4) is 0 Å². The van der Waals surface area contributed by atoms with E-state index in [1.165, 1.54) is 0 Å². The van der Waals surface area contributed by atoms with Crippen molar-refractivity contribution >= 4 is 11.5 Å². The number of anilines is 1. The van der Waals surface area contributed by atoms with Crippen LogP contribution in [-0.2, 0) is 6.42 Å². The van der Waals surface area contributed by atoms with Gasteiger partial charge in [-0.15, -0.1) is 5.10 Å². The maximum Gasteiger partial charge on any atom is 0.153 e. The van der Waals surface area contributed by atoms with Crippen molar-refractivity contribution in [2.75, 3.05) is 5.73 Å². The maximum absolute atomic E-state index is 5.25. The van der Waals surface area contributed by atoms with Crippen LogP contribution < -0.4 is 5.73 Å². The SMILES string of the molecule is CCc1cn2nc(C)ccc2n1.Cc1ccc(N)nn1. The zero-order valence-electron chi connectivity index (χ0n) is 11.9. The molecule has 3 heterocycles. The highest BCUT2D eigenvalue weighted by Crippen LogP contribution is 2.04. The summed E-state index contributed by atoms with van der Waals surface area (Å²) < 4.78 is 1.83. The third-order valence-corrected chi connectivity index (χ3v) is 2.68. The molecule has 0 amide bonds. The summed E-state index contributed by atoms with van der Waals surface area (Å²) in [4.78, 5) is 4.37. The number of nitrogen functional groups attached to an aromatic ring is 1. The minimum atomic E-state index is 0.468. The average Bonchev–Trinajstić information content (AvgIpc) is 2.85. The van der Waals surface area contributed by atoms with Crippen molar-refractivity contribution in [3.8, 4) is 0 Å². The number of nitrogens with zero attached hydrogens (tertiary/aromatic N) is 5. The maximum atomic E-state index is 5.25. The van der Waals surface area contributed by atoms with Crippen LogP contribution >= 0.6 is 0 Å². The van der Waals surface area contributed by atoms with Gasteiger partial charge in [0.1, 0.15) is 5.82 Å². The van der Waals surface area contributed by atoms with Crippen molar-refractivity contribution < 1.29 is 0 Å². The van der Waals surface area contributed by atoms with Crippen molar-refractivity contribution in [3.63, 3.8) is 0 Å². The molecule has 0 aliphatic carbocycles. The molecule has 6 nitrogen and oxygen atoms in total. The minimum Gasteiger partial charge on any atom is -0.382 e. The number of aryl methyl sites for hydroxylation is 3. The van der Waals surface area contributed by atoms with Crippen LogP contribution in [0.4, 0.5) is 5.82 Å². The van der Waals surface area contributed by atoms with Gasteiger partial charge in [-0.1, -0.05) is 6.92 Å². The van der Waals surface area contributed by atoms with E-state index in [2.05, 4.69) is 27.2 Å². The monoisotopic (exact) mass is 270 g/mol. The molecule has 0 radical (unpaired) electrons. The second-order valence-corrected chi connectivity index (χ2v) is 4.46. The molecule has 0 aliphatic rings. The summed E-state index contributed by atoms with van der Waals surface area (Å²) >= 11 is 0. The average molecular weight is 270 g/mol. The molecule has 2 N–H and O–H groups in total. The molecule has 20 heavy (non-hydrogen) atoms. The van der Waals surface area contributed by atoms with Crippen LogP contribution in [-0.4, -0.2) is 24.8 Å². The highest BCUT2D eigenvalue weighted by atomic mass is 15.2. The summed E-state index contributed by atoms with van der Waals surface area (Å²) in [6.45, 7) is 5.94. The van der Waals surface area contributed by atoms with Crippen LogP contribution in [0.5, 0.6) is 0 Å². The summed E-state index contributed by atoms with van der Waals surface area (Å²) in [6.07, 6.45) is 2.94. The smallest absolute Gasteiger partial charge is 0.153 e. The Kier molecular flexibility index (Phi) is 4.24. The largest absolute Gasteiger partial charge is 0.382 e. The molecule has 104 valence electrons. The number of hydrogen-bond acceptors (Lipinski definition) is 5. The van der Waals surface area contributed by atoms with Gasteiger partial charge in [0.15, 0.2) is 5.65 Å². The van der Waals surface area contributed by atoms with E-state index in [1.54, 1.807) is 6.07 Å². The quantitative estimate of drug-likeness (QED) is 0.731. The molecule has 3 aromatic heterocycles. The van der Waals surface area contributed by atoms with Gasteiger partial charge in [-0.3, -0.25) is 0 Å². The first-order valence-electron chi connectivity index (χ1n) is 6.46. The zero-order valence-corrected chi connectivity index (χ0v) is 11.9. The van der Waals surface area contributed by atoms with Crippen LogP contribution in [0.2, 0.25) is 0 Å². The molecule has 0 atom stereocenters. The summed E-state index contributed by atoms with van der Waals surface area (Å²) in [5.74, 6) is 0.468. The summed E-state index contributed by atoms with van der Waals surface area (Å²) in [7, 11) is 0. The lowest BCUT2D eigenvalue weighted by molar-refractivity contribution is 0.897. The summed E-state index contributed by atoms with van der Waals surface area (Å²) in [5.41, 5.74) is 9.18. The van der Waals surface area contributed by atoms with E-state index in [-0.39, 0.29) is 0 Å². The molecule has 3 aromatic rings. The van der Waals surface area contributed by atoms with Crippen LogP contribution in [0.1, 0.15) is 24.0 Å². The lowest BCUT2D eigenvalue weighted by atomic mass is 10.4. The lowest BCUT2D eigenvalue weighted by Crippen LogP contribution is -1.92. The molecular formula is C14H18N6. The molecule has 0 bridgehead atoms. The fraction of sp³-hybridized carbons (Fsp3) is 0.286. The van der Waals surface area contributed by atoms with E-state index in [0.717, 1.165) is 29.1 Å². The predicted molar refractivity (Wildman–Crippen MR) is 78.3 cm³/mol. The minimum absolute atomic E-state index is 0.468. The van der Waals surface area contributed by atoms with Crippen LogP contribution in [0.25, 0.3) is 5.65 Å². The van der Waals surface area contributed by atoms with Crippen molar-refractivity contribution in [3.05, 3.63) is 47.5 Å². The highest BCUT2D eigenvalue weighted by Gasteiger charge is 1.99. The number of rotatable bonds is 1. The second kappa shape index (κ2) is 6.10. The van der Waals surface area contributed by atoms with Gasteiger partial charge in [0.25, 0.3) is 0 Å². The fourth-order valence-electron chi connectivity index (χ4n) is 1.61. The lowest BCUT2D eigenvalue weighted by Gasteiger charge is -1.91. The Morgan fingerprint density at radius 3 is 2.40 bits per heavy atom. The summed E-state index contributed by atoms with van der Waals surface area (Å²) in [5, 5.41) is 11.6. The van der Waals surface area contributed by atoms with Gasteiger partial charge in [0, 0.05) is 0 Å². The topological polar surface area (TPSA) is 82.0 Å². The van der Waals surface area contributed by atoms with Gasteiger partial charge in [-0.05, 0) is 44.5 Å². The summed E-state index contributed by atoms with van der Waals surface area (Å²) in [6, 6.07) is 7.51. The molecular weight excluding hydrogens is 252 g/mol. The first-order valence-corrected chi connectivity index (χ1v) is 6.46. The number of hydrogen-bond donors (Lipinski definition) is 1. The molecule has 6 heteroatoms. The third-order valence-electron chi connectivity index (χ3n) is 2.68. The number of fused-ring (bicyclic) bond motifs is 1. The van der Waals surface area contributed by atoms with E-state index in [1.807, 2.05) is 42.8 Å². The fourth-order valence-corrected chi connectivity index (χ4v) is 1.61. The van der Waals surface area contributed by atoms with Gasteiger partial charge < -0.3 is 5.73 Å². The van der Waals surface area contributed by atoms with Crippen LogP contribution in [0, 0.1) is 13.8 Å². The van der Waals surface area contributed by atoms with E-state index >= 15 is 0 Å². The molecule has 0 unspecified atom stereocenters. The molecule has 3 rings (SSSR count). The van der Waals surface area contributed by atoms with Crippen molar-refractivity contribution in [1.29, 1.82) is 0 Å². The van der Waals surface area contributed by atoms with E-state index in [0.29, 0.717) is 5.82 Å². The molecule has 0 aromatic carbocycles. The van der Waals surface area contributed by atoms with E-state index in [9.17, 15) is 0 Å². The zero-order chi connectivity index (χ0) is 14.5. The number of aromatic nitrogens is 5. The Labute approximate surface area is 117 Å². The van der Waals surface area contributed by atoms with Crippen molar-refractivity contribution in [1.82, 2.24) is 24.8 Å².